The number of hydrogen-bond donors (Lipinski definition) is 4. The highest BCUT2D eigenvalue weighted by Gasteiger charge is 1.78. The van der Waals surface area contributed by atoms with Crippen molar-refractivity contribution in [3.8, 4) is 0 Å². The second-order valence-electron chi connectivity index (χ2n) is 0.723. The van der Waals surface area contributed by atoms with Crippen LogP contribution in [0.2, 0.25) is 0 Å². The molecule has 0 aromatic rings. The monoisotopic (exact) mass is 91.1 g/mol. The fourth-order valence-corrected chi connectivity index (χ4v) is 0.0645. The van der Waals surface area contributed by atoms with Gasteiger partial charge < -0.3 is 0 Å². The van der Waals surface area contributed by atoms with Gasteiger partial charge in [-0.25, -0.2) is 11.3 Å². The summed E-state index contributed by atoms with van der Waals surface area (Å²) in [6.45, 7) is 0. The number of rotatable bonds is 2. The second-order valence-corrected chi connectivity index (χ2v) is 0.723. The lowest BCUT2D eigenvalue weighted by Crippen LogP contribution is -2.54. The third kappa shape index (κ3) is 2.06. The van der Waals surface area contributed by atoms with Gasteiger partial charge in [-0.3, -0.25) is 5.84 Å². The van der Waals surface area contributed by atoms with Gasteiger partial charge in [-0.2, -0.15) is 5.53 Å². The first-order chi connectivity index (χ1) is 2.81. The molecule has 6 heavy (non-hydrogen) atoms. The van der Waals surface area contributed by atoms with E-state index < -0.39 is 0 Å². The maximum Gasteiger partial charge on any atom is 0.00151 e. The van der Waals surface area contributed by atoms with Gasteiger partial charge in [-0.1, -0.05) is 0 Å². The van der Waals surface area contributed by atoms with Crippen molar-refractivity contribution in [1.29, 1.82) is 0 Å². The van der Waals surface area contributed by atoms with Gasteiger partial charge in [0.2, 0.25) is 0 Å². The Kier molecular flexibility index (Phi) is 2.91. The highest BCUT2D eigenvalue weighted by Crippen LogP contribution is 1.38. The Morgan fingerprint density at radius 2 is 2.17 bits per heavy atom. The number of nitrogens with one attached hydrogen (secondary N) is 2. The average molecular weight is 91.1 g/mol. The minimum atomic E-state index is 1.03. The van der Waals surface area contributed by atoms with Crippen molar-refractivity contribution in [2.75, 3.05) is 7.05 Å². The lowest BCUT2D eigenvalue weighted by atomic mass is 11.5. The Labute approximate surface area is 36.2 Å². The normalized spacial score (nSPS) is 10.0. The molecule has 0 unspecified atom stereocenters. The molecular formula is CH9N5. The second kappa shape index (κ2) is 3.01. The van der Waals surface area contributed by atoms with Crippen LogP contribution in [0, 0.1) is 0 Å². The number of nitrogens with two attached hydrogens (primary N) is 2. The molecule has 0 aromatic carbocycles. The van der Waals surface area contributed by atoms with Crippen LogP contribution in [0.3, 0.4) is 0 Å². The Balaban J connectivity index is 2.75. The zero-order chi connectivity index (χ0) is 4.99. The third-order valence-electron chi connectivity index (χ3n) is 0.380. The smallest absolute Gasteiger partial charge is 0.00151 e. The Morgan fingerprint density at radius 1 is 1.67 bits per heavy atom. The summed E-state index contributed by atoms with van der Waals surface area (Å²) in [5.74, 6) is 9.73. The minimum absolute atomic E-state index is 1.03. The molecule has 0 saturated carbocycles. The molecule has 0 aromatic heterocycles. The summed E-state index contributed by atoms with van der Waals surface area (Å²) in [7, 11) is 1.64. The number of nitrogens with zero attached hydrogens (tertiary/aromatic N) is 1. The van der Waals surface area contributed by atoms with E-state index in [0.717, 1.165) is 5.23 Å². The maximum atomic E-state index is 4.96. The molecule has 38 valence electrons. The van der Waals surface area contributed by atoms with E-state index in [1.54, 1.807) is 7.05 Å². The van der Waals surface area contributed by atoms with Gasteiger partial charge in [0, 0.05) is 7.05 Å². The lowest BCUT2D eigenvalue weighted by Gasteiger charge is -2.09. The molecule has 0 saturated heterocycles. The van der Waals surface area contributed by atoms with Crippen LogP contribution < -0.4 is 22.6 Å². The zero-order valence-corrected chi connectivity index (χ0v) is 3.60. The van der Waals surface area contributed by atoms with Gasteiger partial charge in [0.15, 0.2) is 0 Å². The van der Waals surface area contributed by atoms with Crippen LogP contribution in [0.1, 0.15) is 0 Å². The summed E-state index contributed by atoms with van der Waals surface area (Å²) >= 11 is 0. The molecular weight excluding hydrogens is 82.0 g/mol. The molecule has 5 nitrogen and oxygen atoms in total. The molecule has 0 fully saturated rings. The van der Waals surface area contributed by atoms with Gasteiger partial charge in [0.05, 0.1) is 0 Å². The van der Waals surface area contributed by atoms with Gasteiger partial charge in [-0.15, -0.1) is 5.23 Å². The highest BCUT2D eigenvalue weighted by atomic mass is 15.9. The molecule has 5 heteroatoms. The van der Waals surface area contributed by atoms with Gasteiger partial charge in [-0.05, 0) is 0 Å². The zero-order valence-electron chi connectivity index (χ0n) is 3.60. The molecule has 0 atom stereocenters. The summed E-state index contributed by atoms with van der Waals surface area (Å²) in [5.41, 5.74) is 4.60. The Hall–Kier alpha value is -0.200. The molecule has 0 aliphatic carbocycles. The van der Waals surface area contributed by atoms with Crippen molar-refractivity contribution in [2.24, 2.45) is 11.7 Å². The summed E-state index contributed by atoms with van der Waals surface area (Å²) in [5, 5.41) is 1.03. The van der Waals surface area contributed by atoms with Crippen molar-refractivity contribution in [3.63, 3.8) is 0 Å². The largest absolute Gasteiger partial charge is 0.255 e. The van der Waals surface area contributed by atoms with Gasteiger partial charge in [0.25, 0.3) is 0 Å². The molecule has 0 heterocycles. The first kappa shape index (κ1) is 5.80. The molecule has 0 bridgehead atoms. The number of hydrogen-bond acceptors (Lipinski definition) is 5. The predicted octanol–water partition coefficient (Wildman–Crippen LogP) is -2.33. The molecule has 0 spiro atoms. The van der Waals surface area contributed by atoms with E-state index in [4.69, 9.17) is 11.7 Å². The summed E-state index contributed by atoms with van der Waals surface area (Å²) in [6.07, 6.45) is 0. The van der Waals surface area contributed by atoms with Crippen molar-refractivity contribution in [2.45, 2.75) is 0 Å². The number of hydrazine groups is 4. The van der Waals surface area contributed by atoms with Crippen LogP contribution in [0.5, 0.6) is 0 Å². The van der Waals surface area contributed by atoms with Crippen LogP contribution in [-0.4, -0.2) is 12.3 Å². The quantitative estimate of drug-likeness (QED) is 0.226. The SMILES string of the molecule is CNN(N)NN. The van der Waals surface area contributed by atoms with E-state index in [1.807, 2.05) is 0 Å². The fourth-order valence-electron chi connectivity index (χ4n) is 0.0645. The Morgan fingerprint density at radius 3 is 2.17 bits per heavy atom. The summed E-state index contributed by atoms with van der Waals surface area (Å²) < 4.78 is 0. The first-order valence-corrected chi connectivity index (χ1v) is 1.49. The van der Waals surface area contributed by atoms with Crippen LogP contribution in [0.25, 0.3) is 0 Å². The van der Waals surface area contributed by atoms with Crippen LogP contribution in [-0.2, 0) is 0 Å². The van der Waals surface area contributed by atoms with Crippen LogP contribution >= 0.6 is 0 Å². The standard InChI is InChI=1S/CH9N5/c1-4-6(3)5-2/h4-5H,2-3H2,1H3. The molecule has 0 rings (SSSR count). The Bertz CT molecular complexity index is 23.1. The van der Waals surface area contributed by atoms with Crippen LogP contribution in [0.15, 0.2) is 0 Å². The fraction of sp³-hybridized carbons (Fsp3) is 1.00. The molecule has 6 N–H and O–H groups in total. The van der Waals surface area contributed by atoms with E-state index in [0.29, 0.717) is 0 Å². The molecule has 0 amide bonds. The van der Waals surface area contributed by atoms with E-state index in [9.17, 15) is 0 Å². The van der Waals surface area contributed by atoms with Gasteiger partial charge in [0.1, 0.15) is 0 Å². The molecule has 0 radical (unpaired) electrons. The van der Waals surface area contributed by atoms with Crippen molar-refractivity contribution < 1.29 is 0 Å². The lowest BCUT2D eigenvalue weighted by molar-refractivity contribution is 0.132. The van der Waals surface area contributed by atoms with Crippen molar-refractivity contribution in [1.82, 2.24) is 16.2 Å². The highest BCUT2D eigenvalue weighted by molar-refractivity contribution is 4.06. The van der Waals surface area contributed by atoms with Crippen molar-refractivity contribution in [3.05, 3.63) is 0 Å². The van der Waals surface area contributed by atoms with Crippen molar-refractivity contribution >= 4 is 0 Å². The average Bonchev–Trinajstić information content (AvgIpc) is 1.65. The topological polar surface area (TPSA) is 79.3 Å². The predicted molar refractivity (Wildman–Crippen MR) is 22.4 cm³/mol. The minimum Gasteiger partial charge on any atom is -0.255 e. The maximum absolute atomic E-state index is 4.96. The van der Waals surface area contributed by atoms with E-state index in [1.165, 1.54) is 0 Å². The molecule has 0 aliphatic rings. The molecule has 0 aliphatic heterocycles. The summed E-state index contributed by atoms with van der Waals surface area (Å²) in [4.78, 5) is 0. The summed E-state index contributed by atoms with van der Waals surface area (Å²) in [6, 6.07) is 0. The van der Waals surface area contributed by atoms with E-state index in [-0.39, 0.29) is 0 Å². The first-order valence-electron chi connectivity index (χ1n) is 1.49. The third-order valence-corrected chi connectivity index (χ3v) is 0.380. The van der Waals surface area contributed by atoms with E-state index >= 15 is 0 Å². The van der Waals surface area contributed by atoms with Crippen LogP contribution in [0.4, 0.5) is 0 Å². The van der Waals surface area contributed by atoms with Gasteiger partial charge >= 0.3 is 0 Å². The van der Waals surface area contributed by atoms with E-state index in [2.05, 4.69) is 11.0 Å².